The van der Waals surface area contributed by atoms with Crippen LogP contribution in [0, 0.1) is 5.82 Å². The molecule has 1 heterocycles. The van der Waals surface area contributed by atoms with Crippen LogP contribution in [0.5, 0.6) is 0 Å². The number of benzene rings is 1. The highest BCUT2D eigenvalue weighted by Gasteiger charge is 2.24. The Morgan fingerprint density at radius 3 is 3.05 bits per heavy atom. The van der Waals surface area contributed by atoms with Crippen molar-refractivity contribution in [2.45, 2.75) is 19.0 Å². The molecule has 0 radical (unpaired) electrons. The molecule has 0 bridgehead atoms. The van der Waals surface area contributed by atoms with Crippen LogP contribution in [-0.4, -0.2) is 31.7 Å². The molecule has 2 atom stereocenters. The molecule has 0 saturated carbocycles. The van der Waals surface area contributed by atoms with Crippen molar-refractivity contribution < 1.29 is 13.9 Å². The number of amides is 1. The van der Waals surface area contributed by atoms with Crippen LogP contribution >= 0.6 is 11.6 Å². The van der Waals surface area contributed by atoms with E-state index in [2.05, 4.69) is 10.6 Å². The molecule has 104 valence electrons. The van der Waals surface area contributed by atoms with Crippen molar-refractivity contribution in [3.8, 4) is 0 Å². The lowest BCUT2D eigenvalue weighted by molar-refractivity contribution is -0.126. The summed E-state index contributed by atoms with van der Waals surface area (Å²) in [5, 5.41) is 6.09. The third kappa shape index (κ3) is 3.43. The van der Waals surface area contributed by atoms with Gasteiger partial charge in [0.2, 0.25) is 5.91 Å². The number of carbonyl (C=O) groups is 1. The lowest BCUT2D eigenvalue weighted by Gasteiger charge is -2.25. The minimum absolute atomic E-state index is 0.216. The van der Waals surface area contributed by atoms with Crippen LogP contribution in [0.1, 0.15) is 18.5 Å². The Bertz CT molecular complexity index is 444. The van der Waals surface area contributed by atoms with Crippen molar-refractivity contribution in [2.24, 2.45) is 0 Å². The molecule has 1 fully saturated rings. The average Bonchev–Trinajstić information content (AvgIpc) is 2.39. The average molecular weight is 287 g/mol. The summed E-state index contributed by atoms with van der Waals surface area (Å²) in [5.41, 5.74) is 0.300. The first kappa shape index (κ1) is 14.2. The summed E-state index contributed by atoms with van der Waals surface area (Å²) in [7, 11) is 0. The summed E-state index contributed by atoms with van der Waals surface area (Å²) in [6.07, 6.45) is 0. The Labute approximate surface area is 116 Å². The fourth-order valence-corrected chi connectivity index (χ4v) is 2.37. The Hall–Kier alpha value is -1.17. The number of rotatable bonds is 3. The molecule has 0 aromatic heterocycles. The zero-order chi connectivity index (χ0) is 13.8. The van der Waals surface area contributed by atoms with Crippen LogP contribution < -0.4 is 10.6 Å². The minimum atomic E-state index is -0.495. The van der Waals surface area contributed by atoms with E-state index in [-0.39, 0.29) is 5.91 Å². The van der Waals surface area contributed by atoms with E-state index in [4.69, 9.17) is 16.3 Å². The highest BCUT2D eigenvalue weighted by atomic mass is 35.5. The molecule has 0 spiro atoms. The molecule has 6 heteroatoms. The molecule has 1 amide bonds. The lowest BCUT2D eigenvalue weighted by Crippen LogP contribution is -2.51. The molecule has 19 heavy (non-hydrogen) atoms. The number of nitrogens with one attached hydrogen (secondary N) is 2. The maximum absolute atomic E-state index is 13.7. The number of morpholine rings is 1. The second-order valence-corrected chi connectivity index (χ2v) is 4.85. The first-order valence-corrected chi connectivity index (χ1v) is 6.53. The summed E-state index contributed by atoms with van der Waals surface area (Å²) in [5.74, 6) is -0.639. The molecule has 2 rings (SSSR count). The third-order valence-corrected chi connectivity index (χ3v) is 3.36. The molecule has 4 nitrogen and oxygen atoms in total. The number of carbonyl (C=O) groups excluding carboxylic acids is 1. The van der Waals surface area contributed by atoms with Crippen molar-refractivity contribution in [1.29, 1.82) is 0 Å². The predicted molar refractivity (Wildman–Crippen MR) is 70.6 cm³/mol. The van der Waals surface area contributed by atoms with Gasteiger partial charge in [-0.1, -0.05) is 17.7 Å². The third-order valence-electron chi connectivity index (χ3n) is 3.03. The summed E-state index contributed by atoms with van der Waals surface area (Å²) in [6.45, 7) is 3.25. The van der Waals surface area contributed by atoms with Gasteiger partial charge < -0.3 is 15.4 Å². The van der Waals surface area contributed by atoms with E-state index >= 15 is 0 Å². The molecule has 0 aliphatic carbocycles. The van der Waals surface area contributed by atoms with Crippen LogP contribution in [0.15, 0.2) is 18.2 Å². The van der Waals surface area contributed by atoms with E-state index in [9.17, 15) is 9.18 Å². The van der Waals surface area contributed by atoms with Gasteiger partial charge in [0.15, 0.2) is 0 Å². The second-order valence-electron chi connectivity index (χ2n) is 4.45. The van der Waals surface area contributed by atoms with Gasteiger partial charge in [0, 0.05) is 17.1 Å². The molecular formula is C13H16ClFN2O2. The van der Waals surface area contributed by atoms with E-state index in [1.807, 2.05) is 0 Å². The molecule has 1 aliphatic heterocycles. The highest BCUT2D eigenvalue weighted by molar-refractivity contribution is 6.31. The molecular weight excluding hydrogens is 271 g/mol. The Kier molecular flexibility index (Phi) is 4.74. The first-order chi connectivity index (χ1) is 9.09. The normalized spacial score (nSPS) is 20.9. The molecule has 1 aliphatic rings. The largest absolute Gasteiger partial charge is 0.378 e. The van der Waals surface area contributed by atoms with E-state index < -0.39 is 17.9 Å². The molecule has 2 N–H and O–H groups in total. The van der Waals surface area contributed by atoms with Gasteiger partial charge in [-0.3, -0.25) is 4.79 Å². The summed E-state index contributed by atoms with van der Waals surface area (Å²) >= 11 is 5.96. The lowest BCUT2D eigenvalue weighted by atomic mass is 10.1. The van der Waals surface area contributed by atoms with Crippen molar-refractivity contribution in [3.05, 3.63) is 34.6 Å². The van der Waals surface area contributed by atoms with Gasteiger partial charge in [0.1, 0.15) is 11.9 Å². The smallest absolute Gasteiger partial charge is 0.240 e. The van der Waals surface area contributed by atoms with E-state index in [1.54, 1.807) is 13.0 Å². The van der Waals surface area contributed by atoms with Crippen LogP contribution in [0.3, 0.4) is 0 Å². The minimum Gasteiger partial charge on any atom is -0.378 e. The van der Waals surface area contributed by atoms with Crippen molar-refractivity contribution >= 4 is 17.5 Å². The van der Waals surface area contributed by atoms with Gasteiger partial charge in [-0.2, -0.15) is 0 Å². The van der Waals surface area contributed by atoms with Gasteiger partial charge in [0.25, 0.3) is 0 Å². The zero-order valence-corrected chi connectivity index (χ0v) is 11.3. The number of ether oxygens (including phenoxy) is 1. The molecule has 1 aromatic rings. The van der Waals surface area contributed by atoms with Crippen molar-refractivity contribution in [2.75, 3.05) is 19.8 Å². The van der Waals surface area contributed by atoms with Crippen molar-refractivity contribution in [1.82, 2.24) is 10.6 Å². The number of hydrogen-bond donors (Lipinski definition) is 2. The second kappa shape index (κ2) is 6.32. The van der Waals surface area contributed by atoms with Gasteiger partial charge in [-0.15, -0.1) is 0 Å². The number of hydrogen-bond acceptors (Lipinski definition) is 3. The van der Waals surface area contributed by atoms with Crippen LogP contribution in [-0.2, 0) is 9.53 Å². The van der Waals surface area contributed by atoms with Gasteiger partial charge in [-0.25, -0.2) is 4.39 Å². The van der Waals surface area contributed by atoms with E-state index in [0.717, 1.165) is 0 Å². The van der Waals surface area contributed by atoms with Gasteiger partial charge >= 0.3 is 0 Å². The maximum atomic E-state index is 13.7. The summed E-state index contributed by atoms with van der Waals surface area (Å²) in [6, 6.07) is 3.56. The Morgan fingerprint density at radius 1 is 1.63 bits per heavy atom. The van der Waals surface area contributed by atoms with E-state index in [1.165, 1.54) is 12.1 Å². The summed E-state index contributed by atoms with van der Waals surface area (Å²) in [4.78, 5) is 12.0. The quantitative estimate of drug-likeness (QED) is 0.888. The van der Waals surface area contributed by atoms with E-state index in [0.29, 0.717) is 30.3 Å². The molecule has 1 aromatic carbocycles. The molecule has 1 saturated heterocycles. The van der Waals surface area contributed by atoms with Crippen molar-refractivity contribution in [3.63, 3.8) is 0 Å². The Morgan fingerprint density at radius 2 is 2.42 bits per heavy atom. The SMILES string of the molecule is CC(NC(=O)C1COCCN1)c1c(F)cccc1Cl. The van der Waals surface area contributed by atoms with Crippen LogP contribution in [0.25, 0.3) is 0 Å². The first-order valence-electron chi connectivity index (χ1n) is 6.15. The molecule has 2 unspecified atom stereocenters. The fourth-order valence-electron chi connectivity index (χ4n) is 2.04. The summed E-state index contributed by atoms with van der Waals surface area (Å²) < 4.78 is 18.9. The topological polar surface area (TPSA) is 50.4 Å². The van der Waals surface area contributed by atoms with Crippen LogP contribution in [0.2, 0.25) is 5.02 Å². The number of halogens is 2. The Balaban J connectivity index is 2.04. The van der Waals surface area contributed by atoms with Gasteiger partial charge in [0.05, 0.1) is 19.3 Å². The fraction of sp³-hybridized carbons (Fsp3) is 0.462. The van der Waals surface area contributed by atoms with Gasteiger partial charge in [-0.05, 0) is 19.1 Å². The van der Waals surface area contributed by atoms with Crippen LogP contribution in [0.4, 0.5) is 4.39 Å². The zero-order valence-electron chi connectivity index (χ0n) is 10.6. The standard InChI is InChI=1S/C13H16ClFN2O2/c1-8(12-9(14)3-2-4-10(12)15)17-13(18)11-7-19-6-5-16-11/h2-4,8,11,16H,5-7H2,1H3,(H,17,18). The maximum Gasteiger partial charge on any atom is 0.240 e. The monoisotopic (exact) mass is 286 g/mol. The predicted octanol–water partition coefficient (Wildman–Crippen LogP) is 1.64. The highest BCUT2D eigenvalue weighted by Crippen LogP contribution is 2.25.